The number of furan rings is 1. The highest BCUT2D eigenvalue weighted by Gasteiger charge is 2.13. The highest BCUT2D eigenvalue weighted by atomic mass is 35.5. The lowest BCUT2D eigenvalue weighted by Gasteiger charge is -2.08. The van der Waals surface area contributed by atoms with E-state index < -0.39 is 0 Å². The second-order valence-corrected chi connectivity index (χ2v) is 6.10. The Hall–Kier alpha value is -2.37. The smallest absolute Gasteiger partial charge is 0.291 e. The van der Waals surface area contributed by atoms with E-state index in [4.69, 9.17) is 16.0 Å². The molecule has 3 rings (SSSR count). The average molecular weight is 359 g/mol. The van der Waals surface area contributed by atoms with Crippen molar-refractivity contribution in [2.75, 3.05) is 16.3 Å². The molecule has 0 fully saturated rings. The van der Waals surface area contributed by atoms with Crippen molar-refractivity contribution in [2.24, 2.45) is 0 Å². The van der Waals surface area contributed by atoms with Gasteiger partial charge in [0.1, 0.15) is 0 Å². The number of benzene rings is 2. The molecule has 0 radical (unpaired) electrons. The normalized spacial score (nSPS) is 10.4. The molecule has 0 spiro atoms. The topological polar surface area (TPSA) is 54.3 Å². The number of hydrogen-bond acceptors (Lipinski definition) is 4. The van der Waals surface area contributed by atoms with Crippen molar-refractivity contribution >= 4 is 40.8 Å². The van der Waals surface area contributed by atoms with E-state index in [2.05, 4.69) is 10.0 Å². The first kappa shape index (κ1) is 16.5. The SMILES string of the molecule is CSNc1cc(Cl)cc(NC(=O)c2cc(-c3ccccc3)co2)c1. The van der Waals surface area contributed by atoms with Gasteiger partial charge < -0.3 is 14.5 Å². The number of nitrogens with one attached hydrogen (secondary N) is 2. The molecule has 3 aromatic rings. The molecule has 0 aliphatic carbocycles. The van der Waals surface area contributed by atoms with E-state index in [0.29, 0.717) is 10.7 Å². The Morgan fingerprint density at radius 3 is 2.54 bits per heavy atom. The first-order chi connectivity index (χ1) is 11.7. The molecule has 0 aliphatic rings. The van der Waals surface area contributed by atoms with Crippen LogP contribution in [0.5, 0.6) is 0 Å². The molecule has 1 aromatic heterocycles. The van der Waals surface area contributed by atoms with Crippen LogP contribution >= 0.6 is 23.5 Å². The van der Waals surface area contributed by atoms with Gasteiger partial charge in [-0.3, -0.25) is 4.79 Å². The molecule has 2 N–H and O–H groups in total. The molecule has 1 heterocycles. The van der Waals surface area contributed by atoms with Gasteiger partial charge in [0.25, 0.3) is 5.91 Å². The number of hydrogen-bond donors (Lipinski definition) is 2. The summed E-state index contributed by atoms with van der Waals surface area (Å²) in [6.07, 6.45) is 3.48. The van der Waals surface area contributed by atoms with Crippen molar-refractivity contribution in [2.45, 2.75) is 0 Å². The molecule has 0 atom stereocenters. The van der Waals surface area contributed by atoms with Gasteiger partial charge in [0.2, 0.25) is 0 Å². The van der Waals surface area contributed by atoms with Crippen LogP contribution in [0.3, 0.4) is 0 Å². The molecular weight excluding hydrogens is 344 g/mol. The zero-order valence-corrected chi connectivity index (χ0v) is 14.4. The van der Waals surface area contributed by atoms with Gasteiger partial charge in [-0.05, 0) is 29.8 Å². The predicted octanol–water partition coefficient (Wildman–Crippen LogP) is 5.54. The molecule has 122 valence electrons. The fourth-order valence-electron chi connectivity index (χ4n) is 2.27. The fourth-order valence-corrected chi connectivity index (χ4v) is 2.86. The molecule has 24 heavy (non-hydrogen) atoms. The Morgan fingerprint density at radius 2 is 1.79 bits per heavy atom. The van der Waals surface area contributed by atoms with E-state index in [0.717, 1.165) is 16.8 Å². The Kier molecular flexibility index (Phi) is 5.13. The second kappa shape index (κ2) is 7.47. The average Bonchev–Trinajstić information content (AvgIpc) is 3.05. The maximum Gasteiger partial charge on any atom is 0.291 e. The third-order valence-corrected chi connectivity index (χ3v) is 3.96. The van der Waals surface area contributed by atoms with E-state index in [1.165, 1.54) is 11.9 Å². The van der Waals surface area contributed by atoms with Gasteiger partial charge in [0.05, 0.1) is 6.26 Å². The number of rotatable bonds is 5. The van der Waals surface area contributed by atoms with Gasteiger partial charge >= 0.3 is 0 Å². The Morgan fingerprint density at radius 1 is 1.04 bits per heavy atom. The van der Waals surface area contributed by atoms with Gasteiger partial charge in [-0.1, -0.05) is 53.9 Å². The summed E-state index contributed by atoms with van der Waals surface area (Å²) < 4.78 is 8.48. The van der Waals surface area contributed by atoms with Crippen LogP contribution in [0.1, 0.15) is 10.6 Å². The van der Waals surface area contributed by atoms with Crippen molar-refractivity contribution in [1.82, 2.24) is 0 Å². The summed E-state index contributed by atoms with van der Waals surface area (Å²) in [4.78, 5) is 12.4. The quantitative estimate of drug-likeness (QED) is 0.588. The minimum Gasteiger partial charge on any atom is -0.459 e. The van der Waals surface area contributed by atoms with Crippen molar-refractivity contribution in [3.05, 3.63) is 71.6 Å². The van der Waals surface area contributed by atoms with Gasteiger partial charge in [0, 0.05) is 28.2 Å². The molecule has 2 aromatic carbocycles. The van der Waals surface area contributed by atoms with Crippen LogP contribution in [0.15, 0.2) is 65.3 Å². The summed E-state index contributed by atoms with van der Waals surface area (Å²) in [5.41, 5.74) is 3.27. The van der Waals surface area contributed by atoms with Crippen LogP contribution in [0.25, 0.3) is 11.1 Å². The van der Waals surface area contributed by atoms with Crippen LogP contribution in [0, 0.1) is 0 Å². The summed E-state index contributed by atoms with van der Waals surface area (Å²) >= 11 is 7.52. The van der Waals surface area contributed by atoms with Gasteiger partial charge in [-0.15, -0.1) is 0 Å². The lowest BCUT2D eigenvalue weighted by Crippen LogP contribution is -2.10. The zero-order valence-electron chi connectivity index (χ0n) is 12.9. The number of carbonyl (C=O) groups is 1. The molecular formula is C18H15ClN2O2S. The van der Waals surface area contributed by atoms with E-state index in [-0.39, 0.29) is 11.7 Å². The Balaban J connectivity index is 1.77. The predicted molar refractivity (Wildman–Crippen MR) is 101 cm³/mol. The highest BCUT2D eigenvalue weighted by molar-refractivity contribution is 7.99. The molecule has 6 heteroatoms. The maximum atomic E-state index is 12.4. The summed E-state index contributed by atoms with van der Waals surface area (Å²) in [5, 5.41) is 3.33. The monoisotopic (exact) mass is 358 g/mol. The number of anilines is 2. The molecule has 0 bridgehead atoms. The van der Waals surface area contributed by atoms with E-state index in [1.54, 1.807) is 30.5 Å². The third kappa shape index (κ3) is 3.93. The van der Waals surface area contributed by atoms with E-state index in [1.807, 2.05) is 36.6 Å². The first-order valence-corrected chi connectivity index (χ1v) is 8.81. The van der Waals surface area contributed by atoms with Crippen molar-refractivity contribution in [1.29, 1.82) is 0 Å². The van der Waals surface area contributed by atoms with Crippen LogP contribution in [-0.4, -0.2) is 12.2 Å². The van der Waals surface area contributed by atoms with Crippen molar-refractivity contribution < 1.29 is 9.21 Å². The highest BCUT2D eigenvalue weighted by Crippen LogP contribution is 2.26. The minimum atomic E-state index is -0.324. The first-order valence-electron chi connectivity index (χ1n) is 7.20. The summed E-state index contributed by atoms with van der Waals surface area (Å²) in [6, 6.07) is 16.7. The van der Waals surface area contributed by atoms with Crippen LogP contribution in [-0.2, 0) is 0 Å². The van der Waals surface area contributed by atoms with Crippen LogP contribution in [0.4, 0.5) is 11.4 Å². The van der Waals surface area contributed by atoms with Crippen molar-refractivity contribution in [3.63, 3.8) is 0 Å². The van der Waals surface area contributed by atoms with Gasteiger partial charge in [-0.25, -0.2) is 0 Å². The number of halogens is 1. The number of amides is 1. The standard InChI is InChI=1S/C18H15ClN2O2S/c1-24-21-16-9-14(19)8-15(10-16)20-18(22)17-7-13(11-23-17)12-5-3-2-4-6-12/h2-11,21H,1H3,(H,20,22). The fraction of sp³-hybridized carbons (Fsp3) is 0.0556. The summed E-state index contributed by atoms with van der Waals surface area (Å²) in [7, 11) is 0. The molecule has 0 unspecified atom stereocenters. The van der Waals surface area contributed by atoms with Crippen molar-refractivity contribution in [3.8, 4) is 11.1 Å². The maximum absolute atomic E-state index is 12.4. The summed E-state index contributed by atoms with van der Waals surface area (Å²) in [6.45, 7) is 0. The van der Waals surface area contributed by atoms with E-state index >= 15 is 0 Å². The Bertz CT molecular complexity index is 849. The minimum absolute atomic E-state index is 0.244. The molecule has 4 nitrogen and oxygen atoms in total. The van der Waals surface area contributed by atoms with Gasteiger partial charge in [0.15, 0.2) is 5.76 Å². The molecule has 0 aliphatic heterocycles. The largest absolute Gasteiger partial charge is 0.459 e. The van der Waals surface area contributed by atoms with E-state index in [9.17, 15) is 4.79 Å². The third-order valence-electron chi connectivity index (χ3n) is 3.31. The van der Waals surface area contributed by atoms with Gasteiger partial charge in [-0.2, -0.15) is 0 Å². The second-order valence-electron chi connectivity index (χ2n) is 5.05. The lowest BCUT2D eigenvalue weighted by molar-refractivity contribution is 0.0996. The molecule has 1 amide bonds. The Labute approximate surface area is 149 Å². The van der Waals surface area contributed by atoms with Crippen LogP contribution < -0.4 is 10.0 Å². The number of carbonyl (C=O) groups excluding carboxylic acids is 1. The molecule has 0 saturated heterocycles. The zero-order chi connectivity index (χ0) is 16.9. The lowest BCUT2D eigenvalue weighted by atomic mass is 10.1. The summed E-state index contributed by atoms with van der Waals surface area (Å²) in [5.74, 6) is -0.0808. The van der Waals surface area contributed by atoms with Crippen LogP contribution in [0.2, 0.25) is 5.02 Å². The molecule has 0 saturated carbocycles.